The molecule has 0 spiro atoms. The Bertz CT molecular complexity index is 1190. The molecule has 2 saturated heterocycles. The highest BCUT2D eigenvalue weighted by molar-refractivity contribution is 5.94. The number of carbonyl (C=O) groups excluding carboxylic acids is 1. The SMILES string of the molecule is CC(C)c1ccc(COc2cc(-c3ccc(C(=O)N4CCC(N5CCCC5)CC4)cc3)cnc2N)cc1. The van der Waals surface area contributed by atoms with E-state index in [9.17, 15) is 4.79 Å². The summed E-state index contributed by atoms with van der Waals surface area (Å²) in [6.07, 6.45) is 6.53. The van der Waals surface area contributed by atoms with E-state index in [-0.39, 0.29) is 5.91 Å². The number of piperidine rings is 1. The van der Waals surface area contributed by atoms with E-state index in [1.54, 1.807) is 6.20 Å². The van der Waals surface area contributed by atoms with E-state index in [4.69, 9.17) is 10.5 Å². The van der Waals surface area contributed by atoms with Crippen LogP contribution >= 0.6 is 0 Å². The van der Waals surface area contributed by atoms with Crippen molar-refractivity contribution in [3.63, 3.8) is 0 Å². The van der Waals surface area contributed by atoms with E-state index in [1.165, 1.54) is 31.5 Å². The smallest absolute Gasteiger partial charge is 0.253 e. The molecule has 2 aliphatic heterocycles. The molecule has 194 valence electrons. The van der Waals surface area contributed by atoms with E-state index in [1.807, 2.05) is 35.2 Å². The van der Waals surface area contributed by atoms with Gasteiger partial charge in [0.15, 0.2) is 11.6 Å². The minimum absolute atomic E-state index is 0.120. The van der Waals surface area contributed by atoms with Crippen molar-refractivity contribution in [1.29, 1.82) is 0 Å². The second-order valence-electron chi connectivity index (χ2n) is 10.6. The maximum Gasteiger partial charge on any atom is 0.253 e. The number of nitrogens with two attached hydrogens (primary N) is 1. The molecule has 6 nitrogen and oxygen atoms in total. The van der Waals surface area contributed by atoms with Gasteiger partial charge in [-0.3, -0.25) is 4.79 Å². The minimum atomic E-state index is 0.120. The topological polar surface area (TPSA) is 71.7 Å². The third-order valence-electron chi connectivity index (χ3n) is 7.80. The quantitative estimate of drug-likeness (QED) is 0.450. The summed E-state index contributed by atoms with van der Waals surface area (Å²) in [4.78, 5) is 22.1. The van der Waals surface area contributed by atoms with Crippen molar-refractivity contribution in [3.8, 4) is 16.9 Å². The molecule has 0 aliphatic carbocycles. The molecule has 2 fully saturated rings. The van der Waals surface area contributed by atoms with Gasteiger partial charge in [0.1, 0.15) is 6.61 Å². The first kappa shape index (κ1) is 25.3. The highest BCUT2D eigenvalue weighted by atomic mass is 16.5. The maximum absolute atomic E-state index is 13.1. The van der Waals surface area contributed by atoms with Crippen LogP contribution in [0.15, 0.2) is 60.8 Å². The number of pyridine rings is 1. The predicted molar refractivity (Wildman–Crippen MR) is 149 cm³/mol. The van der Waals surface area contributed by atoms with Crippen LogP contribution in [0.5, 0.6) is 5.75 Å². The summed E-state index contributed by atoms with van der Waals surface area (Å²) in [5, 5.41) is 0. The Hall–Kier alpha value is -3.38. The number of likely N-dealkylation sites (tertiary alicyclic amines) is 2. The summed E-state index contributed by atoms with van der Waals surface area (Å²) < 4.78 is 6.02. The van der Waals surface area contributed by atoms with E-state index in [2.05, 4.69) is 48.0 Å². The molecule has 0 unspecified atom stereocenters. The summed E-state index contributed by atoms with van der Waals surface area (Å²) in [5.41, 5.74) is 11.1. The standard InChI is InChI=1S/C31H38N4O2/c1-22(2)24-7-5-23(6-8-24)21-37-29-19-27(20-33-30(29)32)25-9-11-26(12-10-25)31(36)35-17-13-28(14-18-35)34-15-3-4-16-34/h5-12,19-20,22,28H,3-4,13-18,21H2,1-2H3,(H2,32,33). The van der Waals surface area contributed by atoms with E-state index >= 15 is 0 Å². The molecule has 1 aromatic heterocycles. The summed E-state index contributed by atoms with van der Waals surface area (Å²) in [5.74, 6) is 1.55. The number of aromatic nitrogens is 1. The molecule has 6 heteroatoms. The van der Waals surface area contributed by atoms with Gasteiger partial charge in [0.05, 0.1) is 0 Å². The van der Waals surface area contributed by atoms with Gasteiger partial charge in [-0.15, -0.1) is 0 Å². The Morgan fingerprint density at radius 3 is 2.30 bits per heavy atom. The number of carbonyl (C=O) groups is 1. The highest BCUT2D eigenvalue weighted by Crippen LogP contribution is 2.29. The fourth-order valence-electron chi connectivity index (χ4n) is 5.42. The van der Waals surface area contributed by atoms with Crippen LogP contribution in [0.1, 0.15) is 66.9 Å². The van der Waals surface area contributed by atoms with Crippen molar-refractivity contribution in [1.82, 2.24) is 14.8 Å². The Kier molecular flexibility index (Phi) is 7.75. The number of anilines is 1. The van der Waals surface area contributed by atoms with Crippen LogP contribution in [0.2, 0.25) is 0 Å². The van der Waals surface area contributed by atoms with Gasteiger partial charge in [-0.1, -0.05) is 50.2 Å². The first-order valence-corrected chi connectivity index (χ1v) is 13.6. The molecule has 0 saturated carbocycles. The van der Waals surface area contributed by atoms with Gasteiger partial charge in [0, 0.05) is 36.5 Å². The van der Waals surface area contributed by atoms with Gasteiger partial charge < -0.3 is 20.3 Å². The Morgan fingerprint density at radius 1 is 0.973 bits per heavy atom. The molecule has 1 amide bonds. The van der Waals surface area contributed by atoms with Gasteiger partial charge in [0.2, 0.25) is 0 Å². The Balaban J connectivity index is 1.20. The van der Waals surface area contributed by atoms with Crippen molar-refractivity contribution >= 4 is 11.7 Å². The molecule has 5 rings (SSSR count). The fourth-order valence-corrected chi connectivity index (χ4v) is 5.42. The largest absolute Gasteiger partial charge is 0.485 e. The molecule has 37 heavy (non-hydrogen) atoms. The van der Waals surface area contributed by atoms with Crippen molar-refractivity contribution in [2.45, 2.75) is 58.1 Å². The summed E-state index contributed by atoms with van der Waals surface area (Å²) in [7, 11) is 0. The molecule has 3 heterocycles. The number of amides is 1. The zero-order chi connectivity index (χ0) is 25.8. The van der Waals surface area contributed by atoms with Crippen LogP contribution in [0.3, 0.4) is 0 Å². The molecular formula is C31H38N4O2. The monoisotopic (exact) mass is 498 g/mol. The second kappa shape index (κ2) is 11.3. The van der Waals surface area contributed by atoms with Crippen LogP contribution in [0, 0.1) is 0 Å². The number of benzene rings is 2. The molecule has 0 atom stereocenters. The number of nitrogen functional groups attached to an aromatic ring is 1. The van der Waals surface area contributed by atoms with Crippen molar-refractivity contribution in [2.24, 2.45) is 0 Å². The molecule has 0 radical (unpaired) electrons. The minimum Gasteiger partial charge on any atom is -0.485 e. The molecule has 0 bridgehead atoms. The lowest BCUT2D eigenvalue weighted by atomic mass is 10.0. The lowest BCUT2D eigenvalue weighted by Gasteiger charge is -2.36. The van der Waals surface area contributed by atoms with Gasteiger partial charge in [0.25, 0.3) is 5.91 Å². The van der Waals surface area contributed by atoms with Crippen molar-refractivity contribution in [3.05, 3.63) is 77.5 Å². The van der Waals surface area contributed by atoms with Crippen LogP contribution in [0.4, 0.5) is 5.82 Å². The zero-order valence-corrected chi connectivity index (χ0v) is 22.0. The number of nitrogens with zero attached hydrogens (tertiary/aromatic N) is 3. The maximum atomic E-state index is 13.1. The van der Waals surface area contributed by atoms with E-state index in [0.717, 1.165) is 48.2 Å². The van der Waals surface area contributed by atoms with E-state index < -0.39 is 0 Å². The first-order valence-electron chi connectivity index (χ1n) is 13.6. The number of rotatable bonds is 7. The Labute approximate surface area is 220 Å². The van der Waals surface area contributed by atoms with Gasteiger partial charge in [-0.25, -0.2) is 4.98 Å². The molecule has 2 aromatic carbocycles. The lowest BCUT2D eigenvalue weighted by molar-refractivity contribution is 0.0644. The number of ether oxygens (including phenoxy) is 1. The number of hydrogen-bond acceptors (Lipinski definition) is 5. The number of hydrogen-bond donors (Lipinski definition) is 1. The Morgan fingerprint density at radius 2 is 1.65 bits per heavy atom. The van der Waals surface area contributed by atoms with Crippen LogP contribution in [-0.2, 0) is 6.61 Å². The lowest BCUT2D eigenvalue weighted by Crippen LogP contribution is -2.45. The fraction of sp³-hybridized carbons (Fsp3) is 0.419. The summed E-state index contributed by atoms with van der Waals surface area (Å²) >= 11 is 0. The summed E-state index contributed by atoms with van der Waals surface area (Å²) in [6, 6.07) is 18.8. The predicted octanol–water partition coefficient (Wildman–Crippen LogP) is 5.73. The molecule has 2 aliphatic rings. The summed E-state index contributed by atoms with van der Waals surface area (Å²) in [6.45, 7) is 8.91. The van der Waals surface area contributed by atoms with Crippen LogP contribution in [0.25, 0.3) is 11.1 Å². The van der Waals surface area contributed by atoms with Gasteiger partial charge in [-0.05, 0) is 79.6 Å². The van der Waals surface area contributed by atoms with Crippen molar-refractivity contribution < 1.29 is 9.53 Å². The second-order valence-corrected chi connectivity index (χ2v) is 10.6. The average molecular weight is 499 g/mol. The van der Waals surface area contributed by atoms with E-state index in [0.29, 0.717) is 30.1 Å². The van der Waals surface area contributed by atoms with Gasteiger partial charge in [-0.2, -0.15) is 0 Å². The van der Waals surface area contributed by atoms with Crippen molar-refractivity contribution in [2.75, 3.05) is 31.9 Å². The van der Waals surface area contributed by atoms with Crippen LogP contribution < -0.4 is 10.5 Å². The third kappa shape index (κ3) is 5.96. The van der Waals surface area contributed by atoms with Gasteiger partial charge >= 0.3 is 0 Å². The van der Waals surface area contributed by atoms with Crippen LogP contribution in [-0.4, -0.2) is 52.9 Å². The normalized spacial score (nSPS) is 16.9. The first-order chi connectivity index (χ1) is 18.0. The zero-order valence-electron chi connectivity index (χ0n) is 22.0. The average Bonchev–Trinajstić information content (AvgIpc) is 3.48. The molecule has 3 aromatic rings. The molecular weight excluding hydrogens is 460 g/mol. The molecule has 2 N–H and O–H groups in total. The highest BCUT2D eigenvalue weighted by Gasteiger charge is 2.28. The third-order valence-corrected chi connectivity index (χ3v) is 7.80.